The number of carbonyl (C=O) groups excluding carboxylic acids is 3. The minimum absolute atomic E-state index is 0.0892. The first kappa shape index (κ1) is 20.3. The van der Waals surface area contributed by atoms with Gasteiger partial charge in [-0.05, 0) is 53.9 Å². The Bertz CT molecular complexity index is 1010. The number of thiophene rings is 1. The summed E-state index contributed by atoms with van der Waals surface area (Å²) in [7, 11) is 0. The molecule has 0 spiro atoms. The smallest absolute Gasteiger partial charge is 0.265 e. The molecule has 0 aliphatic carbocycles. The zero-order valence-electron chi connectivity index (χ0n) is 16.1. The predicted octanol–water partition coefficient (Wildman–Crippen LogP) is 4.85. The van der Waals surface area contributed by atoms with E-state index >= 15 is 0 Å². The average Bonchev–Trinajstić information content (AvgIpc) is 3.23. The molecule has 0 saturated heterocycles. The molecular weight excluding hydrogens is 386 g/mol. The molecule has 0 bridgehead atoms. The highest BCUT2D eigenvalue weighted by Gasteiger charge is 2.11. The normalized spacial score (nSPS) is 10.4. The number of nitrogens with one attached hydrogen (secondary N) is 3. The molecule has 3 N–H and O–H groups in total. The summed E-state index contributed by atoms with van der Waals surface area (Å²) in [6.07, 6.45) is 0. The fourth-order valence-electron chi connectivity index (χ4n) is 2.47. The van der Waals surface area contributed by atoms with Crippen molar-refractivity contribution in [3.63, 3.8) is 0 Å². The van der Waals surface area contributed by atoms with Crippen molar-refractivity contribution in [2.45, 2.75) is 13.8 Å². The van der Waals surface area contributed by atoms with Crippen LogP contribution in [0.2, 0.25) is 0 Å². The van der Waals surface area contributed by atoms with Crippen LogP contribution in [0.4, 0.5) is 17.1 Å². The van der Waals surface area contributed by atoms with E-state index in [-0.39, 0.29) is 23.6 Å². The van der Waals surface area contributed by atoms with Gasteiger partial charge >= 0.3 is 0 Å². The molecule has 3 amide bonds. The number of amides is 3. The lowest BCUT2D eigenvalue weighted by atomic mass is 10.1. The zero-order chi connectivity index (χ0) is 20.8. The van der Waals surface area contributed by atoms with Crippen molar-refractivity contribution in [1.82, 2.24) is 0 Å². The van der Waals surface area contributed by atoms with Gasteiger partial charge in [-0.25, -0.2) is 0 Å². The lowest BCUT2D eigenvalue weighted by Gasteiger charge is -2.10. The number of rotatable bonds is 6. The third-order valence-corrected chi connectivity index (χ3v) is 4.93. The highest BCUT2D eigenvalue weighted by molar-refractivity contribution is 7.12. The van der Waals surface area contributed by atoms with Crippen LogP contribution >= 0.6 is 11.3 Å². The largest absolute Gasteiger partial charge is 0.326 e. The van der Waals surface area contributed by atoms with E-state index in [2.05, 4.69) is 16.0 Å². The topological polar surface area (TPSA) is 87.3 Å². The van der Waals surface area contributed by atoms with E-state index in [4.69, 9.17) is 0 Å². The van der Waals surface area contributed by atoms with Crippen LogP contribution in [0.5, 0.6) is 0 Å². The van der Waals surface area contributed by atoms with E-state index in [1.54, 1.807) is 54.6 Å². The third-order valence-electron chi connectivity index (χ3n) is 4.06. The van der Waals surface area contributed by atoms with E-state index in [1.807, 2.05) is 25.3 Å². The van der Waals surface area contributed by atoms with Gasteiger partial charge in [0.2, 0.25) is 5.91 Å². The molecule has 0 aliphatic heterocycles. The van der Waals surface area contributed by atoms with Gasteiger partial charge in [0.25, 0.3) is 11.8 Å². The Morgan fingerprint density at radius 1 is 0.759 bits per heavy atom. The van der Waals surface area contributed by atoms with Crippen LogP contribution < -0.4 is 16.0 Å². The molecule has 3 rings (SSSR count). The summed E-state index contributed by atoms with van der Waals surface area (Å²) >= 11 is 1.36. The number of hydrogen-bond donors (Lipinski definition) is 3. The Hall–Kier alpha value is -3.45. The van der Waals surface area contributed by atoms with Gasteiger partial charge in [-0.3, -0.25) is 14.4 Å². The Morgan fingerprint density at radius 3 is 2.03 bits per heavy atom. The van der Waals surface area contributed by atoms with Crippen molar-refractivity contribution in [2.24, 2.45) is 5.92 Å². The molecule has 29 heavy (non-hydrogen) atoms. The lowest BCUT2D eigenvalue weighted by Crippen LogP contribution is -2.18. The molecule has 1 heterocycles. The fourth-order valence-corrected chi connectivity index (χ4v) is 3.09. The molecule has 0 saturated carbocycles. The lowest BCUT2D eigenvalue weighted by molar-refractivity contribution is -0.118. The summed E-state index contributed by atoms with van der Waals surface area (Å²) < 4.78 is 0. The van der Waals surface area contributed by atoms with Gasteiger partial charge < -0.3 is 16.0 Å². The standard InChI is InChI=1S/C22H21N3O3S/c1-14(2)20(26)24-17-5-3-6-18(13-17)25-21(27)15-8-10-16(11-9-15)23-22(28)19-7-4-12-29-19/h3-14H,1-2H3,(H,23,28)(H,24,26)(H,25,27). The maximum Gasteiger partial charge on any atom is 0.265 e. The first-order chi connectivity index (χ1) is 13.9. The molecule has 0 atom stereocenters. The first-order valence-corrected chi connectivity index (χ1v) is 9.97. The van der Waals surface area contributed by atoms with Crippen LogP contribution in [-0.4, -0.2) is 17.7 Å². The van der Waals surface area contributed by atoms with Gasteiger partial charge in [0.1, 0.15) is 0 Å². The predicted molar refractivity (Wildman–Crippen MR) is 117 cm³/mol. The second-order valence-corrected chi connectivity index (χ2v) is 7.64. The zero-order valence-corrected chi connectivity index (χ0v) is 16.9. The summed E-state index contributed by atoms with van der Waals surface area (Å²) in [5, 5.41) is 10.2. The minimum Gasteiger partial charge on any atom is -0.326 e. The van der Waals surface area contributed by atoms with Crippen LogP contribution in [0.1, 0.15) is 33.9 Å². The molecular formula is C22H21N3O3S. The van der Waals surface area contributed by atoms with Crippen molar-refractivity contribution in [1.29, 1.82) is 0 Å². The second kappa shape index (κ2) is 9.16. The van der Waals surface area contributed by atoms with Crippen LogP contribution in [0.25, 0.3) is 0 Å². The highest BCUT2D eigenvalue weighted by Crippen LogP contribution is 2.18. The molecule has 1 aromatic heterocycles. The molecule has 0 aliphatic rings. The van der Waals surface area contributed by atoms with Crippen molar-refractivity contribution in [3.8, 4) is 0 Å². The molecule has 2 aromatic carbocycles. The molecule has 148 valence electrons. The van der Waals surface area contributed by atoms with Crippen molar-refractivity contribution in [3.05, 3.63) is 76.5 Å². The maximum absolute atomic E-state index is 12.5. The molecule has 6 nitrogen and oxygen atoms in total. The number of hydrogen-bond acceptors (Lipinski definition) is 4. The Morgan fingerprint density at radius 2 is 1.41 bits per heavy atom. The number of benzene rings is 2. The minimum atomic E-state index is -0.284. The van der Waals surface area contributed by atoms with Crippen LogP contribution in [0.3, 0.4) is 0 Å². The maximum atomic E-state index is 12.5. The van der Waals surface area contributed by atoms with Crippen LogP contribution in [0, 0.1) is 5.92 Å². The molecule has 0 radical (unpaired) electrons. The quantitative estimate of drug-likeness (QED) is 0.546. The van der Waals surface area contributed by atoms with Crippen LogP contribution in [0.15, 0.2) is 66.0 Å². The van der Waals surface area contributed by atoms with Crippen molar-refractivity contribution in [2.75, 3.05) is 16.0 Å². The SMILES string of the molecule is CC(C)C(=O)Nc1cccc(NC(=O)c2ccc(NC(=O)c3cccs3)cc2)c1. The van der Waals surface area contributed by atoms with Crippen molar-refractivity contribution < 1.29 is 14.4 Å². The Balaban J connectivity index is 1.62. The van der Waals surface area contributed by atoms with Gasteiger partial charge in [-0.1, -0.05) is 26.0 Å². The fraction of sp³-hybridized carbons (Fsp3) is 0.136. The van der Waals surface area contributed by atoms with Gasteiger partial charge in [0, 0.05) is 28.5 Å². The Kier molecular flexibility index (Phi) is 6.41. The number of anilines is 3. The summed E-state index contributed by atoms with van der Waals surface area (Å²) in [5.41, 5.74) is 2.26. The van der Waals surface area contributed by atoms with Gasteiger partial charge in [-0.15, -0.1) is 11.3 Å². The van der Waals surface area contributed by atoms with E-state index in [0.29, 0.717) is 27.5 Å². The monoisotopic (exact) mass is 407 g/mol. The van der Waals surface area contributed by atoms with E-state index in [0.717, 1.165) is 0 Å². The molecule has 7 heteroatoms. The first-order valence-electron chi connectivity index (χ1n) is 9.09. The Labute approximate surface area is 173 Å². The summed E-state index contributed by atoms with van der Waals surface area (Å²) in [4.78, 5) is 37.0. The van der Waals surface area contributed by atoms with E-state index < -0.39 is 0 Å². The van der Waals surface area contributed by atoms with E-state index in [9.17, 15) is 14.4 Å². The molecule has 0 fully saturated rings. The van der Waals surface area contributed by atoms with Gasteiger partial charge in [0.05, 0.1) is 4.88 Å². The summed E-state index contributed by atoms with van der Waals surface area (Å²) in [6.45, 7) is 3.63. The summed E-state index contributed by atoms with van der Waals surface area (Å²) in [5.74, 6) is -0.688. The van der Waals surface area contributed by atoms with Crippen molar-refractivity contribution >= 4 is 46.1 Å². The highest BCUT2D eigenvalue weighted by atomic mass is 32.1. The van der Waals surface area contributed by atoms with Gasteiger partial charge in [0.15, 0.2) is 0 Å². The number of carbonyl (C=O) groups is 3. The van der Waals surface area contributed by atoms with Crippen LogP contribution in [-0.2, 0) is 4.79 Å². The second-order valence-electron chi connectivity index (χ2n) is 6.69. The average molecular weight is 407 g/mol. The van der Waals surface area contributed by atoms with Gasteiger partial charge in [-0.2, -0.15) is 0 Å². The summed E-state index contributed by atoms with van der Waals surface area (Å²) in [6, 6.07) is 17.2. The third kappa shape index (κ3) is 5.52. The molecule has 0 unspecified atom stereocenters. The molecule has 3 aromatic rings. The van der Waals surface area contributed by atoms with E-state index in [1.165, 1.54) is 11.3 Å².